The minimum Gasteiger partial charge on any atom is -0.490 e. The number of nitrogens with zero attached hydrogens (tertiary/aromatic N) is 4. The molecule has 0 saturated heterocycles. The monoisotopic (exact) mass is 497 g/mol. The van der Waals surface area contributed by atoms with Gasteiger partial charge in [-0.2, -0.15) is 4.98 Å². The number of carbonyl (C=O) groups is 1. The first-order valence-electron chi connectivity index (χ1n) is 12.0. The number of primary amides is 1. The molecule has 0 radical (unpaired) electrons. The van der Waals surface area contributed by atoms with Crippen LogP contribution < -0.4 is 15.4 Å². The molecule has 1 aromatic carbocycles. The second kappa shape index (κ2) is 11.5. The van der Waals surface area contributed by atoms with Crippen LogP contribution in [0.4, 0.5) is 5.82 Å². The summed E-state index contributed by atoms with van der Waals surface area (Å²) in [6.45, 7) is 9.93. The molecule has 0 saturated carbocycles. The summed E-state index contributed by atoms with van der Waals surface area (Å²) < 4.78 is 11.4. The number of aliphatic hydroxyl groups excluding tert-OH is 2. The second-order valence-electron chi connectivity index (χ2n) is 9.24. The van der Waals surface area contributed by atoms with E-state index in [1.54, 1.807) is 0 Å². The van der Waals surface area contributed by atoms with Crippen LogP contribution >= 0.6 is 0 Å². The molecule has 2 heterocycles. The molecule has 10 heteroatoms. The fourth-order valence-electron chi connectivity index (χ4n) is 3.74. The highest BCUT2D eigenvalue weighted by molar-refractivity contribution is 5.78. The van der Waals surface area contributed by atoms with Crippen molar-refractivity contribution in [3.8, 4) is 28.6 Å². The van der Waals surface area contributed by atoms with Crippen LogP contribution in [-0.4, -0.2) is 63.1 Å². The third-order valence-electron chi connectivity index (χ3n) is 5.98. The normalized spacial score (nSPS) is 13.0. The Balaban J connectivity index is 1.84. The van der Waals surface area contributed by atoms with Crippen molar-refractivity contribution in [3.05, 3.63) is 41.1 Å². The molecule has 0 aliphatic carbocycles. The third kappa shape index (κ3) is 6.38. The maximum Gasteiger partial charge on any atom is 0.258 e. The van der Waals surface area contributed by atoms with Crippen LogP contribution in [0.2, 0.25) is 0 Å². The Morgan fingerprint density at radius 1 is 1.14 bits per heavy atom. The third-order valence-corrected chi connectivity index (χ3v) is 5.98. The second-order valence-corrected chi connectivity index (χ2v) is 9.24. The summed E-state index contributed by atoms with van der Waals surface area (Å²) in [5, 5.41) is 23.9. The van der Waals surface area contributed by atoms with Crippen molar-refractivity contribution in [3.63, 3.8) is 0 Å². The van der Waals surface area contributed by atoms with Crippen molar-refractivity contribution >= 4 is 11.7 Å². The first-order valence-corrected chi connectivity index (χ1v) is 12.0. The van der Waals surface area contributed by atoms with Gasteiger partial charge in [0.2, 0.25) is 11.7 Å². The summed E-state index contributed by atoms with van der Waals surface area (Å²) in [5.74, 6) is 1.43. The first kappa shape index (κ1) is 27.1. The molecule has 2 atom stereocenters. The number of amides is 1. The van der Waals surface area contributed by atoms with Crippen molar-refractivity contribution in [2.75, 3.05) is 18.6 Å². The van der Waals surface area contributed by atoms with Crippen LogP contribution in [0.3, 0.4) is 0 Å². The molecule has 4 N–H and O–H groups in total. The van der Waals surface area contributed by atoms with Crippen LogP contribution in [-0.2, 0) is 11.2 Å². The molecular formula is C26H35N5O5. The lowest BCUT2D eigenvalue weighted by molar-refractivity contribution is -0.127. The highest BCUT2D eigenvalue weighted by atomic mass is 16.5. The van der Waals surface area contributed by atoms with Gasteiger partial charge in [-0.05, 0) is 69.5 Å². The molecule has 3 rings (SSSR count). The van der Waals surface area contributed by atoms with E-state index < -0.39 is 18.1 Å². The first-order chi connectivity index (χ1) is 17.0. The molecule has 0 fully saturated rings. The van der Waals surface area contributed by atoms with E-state index in [9.17, 15) is 15.0 Å². The lowest BCUT2D eigenvalue weighted by Gasteiger charge is -2.23. The average molecular weight is 498 g/mol. The SMILES string of the molecule is CCc1cc(-c2noc(-c3cc(C)nc(N(C)C(C)C)c3)n2)cc(C)c1OC[C@H](O)CC(O)C(N)=O. The largest absolute Gasteiger partial charge is 0.490 e. The summed E-state index contributed by atoms with van der Waals surface area (Å²) in [6, 6.07) is 7.95. The Bertz CT molecular complexity index is 1210. The molecule has 36 heavy (non-hydrogen) atoms. The lowest BCUT2D eigenvalue weighted by Crippen LogP contribution is -2.33. The number of rotatable bonds is 11. The van der Waals surface area contributed by atoms with E-state index in [2.05, 4.69) is 33.9 Å². The zero-order chi connectivity index (χ0) is 26.6. The van der Waals surface area contributed by atoms with E-state index in [1.807, 2.05) is 52.1 Å². The number of nitrogens with two attached hydrogens (primary N) is 1. The Morgan fingerprint density at radius 3 is 2.50 bits per heavy atom. The smallest absolute Gasteiger partial charge is 0.258 e. The van der Waals surface area contributed by atoms with Crippen molar-refractivity contribution in [1.29, 1.82) is 0 Å². The molecule has 194 valence electrons. The van der Waals surface area contributed by atoms with Crippen molar-refractivity contribution in [2.45, 2.75) is 65.7 Å². The Hall–Kier alpha value is -3.50. The van der Waals surface area contributed by atoms with Crippen LogP contribution in [0.25, 0.3) is 22.8 Å². The number of ether oxygens (including phenoxy) is 1. The minimum atomic E-state index is -1.42. The highest BCUT2D eigenvalue weighted by Crippen LogP contribution is 2.32. The predicted molar refractivity (Wildman–Crippen MR) is 137 cm³/mol. The number of aryl methyl sites for hydroxylation is 3. The number of carbonyl (C=O) groups excluding carboxylic acids is 1. The number of hydrogen-bond donors (Lipinski definition) is 3. The van der Waals surface area contributed by atoms with Crippen LogP contribution in [0.5, 0.6) is 5.75 Å². The summed E-state index contributed by atoms with van der Waals surface area (Å²) in [4.78, 5) is 22.3. The predicted octanol–water partition coefficient (Wildman–Crippen LogP) is 2.80. The summed E-state index contributed by atoms with van der Waals surface area (Å²) in [7, 11) is 1.99. The van der Waals surface area contributed by atoms with E-state index in [0.717, 1.165) is 33.8 Å². The van der Waals surface area contributed by atoms with Gasteiger partial charge >= 0.3 is 0 Å². The Labute approximate surface area is 211 Å². The van der Waals surface area contributed by atoms with Gasteiger partial charge < -0.3 is 30.1 Å². The van der Waals surface area contributed by atoms with Crippen molar-refractivity contribution in [2.24, 2.45) is 5.73 Å². The number of pyridine rings is 1. The fraction of sp³-hybridized carbons (Fsp3) is 0.462. The quantitative estimate of drug-likeness (QED) is 0.364. The number of aliphatic hydroxyl groups is 2. The topological polar surface area (TPSA) is 148 Å². The molecule has 0 aliphatic rings. The molecule has 0 bridgehead atoms. The van der Waals surface area contributed by atoms with Gasteiger partial charge in [0.15, 0.2) is 0 Å². The standard InChI is InChI=1S/C26H35N5O5/c1-7-17-10-18(8-15(4)23(17)35-13-20(32)12-21(33)24(27)34)25-29-26(36-30-25)19-9-16(5)28-22(11-19)31(6)14(2)3/h8-11,14,20-21,32-33H,7,12-13H2,1-6H3,(H2,27,34)/t20-,21?/m1/s1. The van der Waals surface area contributed by atoms with Crippen LogP contribution in [0.15, 0.2) is 28.8 Å². The van der Waals surface area contributed by atoms with Gasteiger partial charge in [0.05, 0.1) is 6.10 Å². The lowest BCUT2D eigenvalue weighted by atomic mass is 10.0. The molecular weight excluding hydrogens is 462 g/mol. The van der Waals surface area contributed by atoms with E-state index >= 15 is 0 Å². The summed E-state index contributed by atoms with van der Waals surface area (Å²) >= 11 is 0. The molecule has 1 unspecified atom stereocenters. The Kier molecular flexibility index (Phi) is 8.65. The maximum absolute atomic E-state index is 11.0. The molecule has 2 aromatic heterocycles. The van der Waals surface area contributed by atoms with Gasteiger partial charge in [0, 0.05) is 36.3 Å². The molecule has 10 nitrogen and oxygen atoms in total. The Morgan fingerprint density at radius 2 is 1.86 bits per heavy atom. The van der Waals surface area contributed by atoms with Gasteiger partial charge in [-0.25, -0.2) is 4.98 Å². The summed E-state index contributed by atoms with van der Waals surface area (Å²) in [5.41, 5.74) is 9.21. The van der Waals surface area contributed by atoms with Gasteiger partial charge in [0.25, 0.3) is 5.89 Å². The average Bonchev–Trinajstić information content (AvgIpc) is 3.32. The van der Waals surface area contributed by atoms with Gasteiger partial charge in [-0.15, -0.1) is 0 Å². The highest BCUT2D eigenvalue weighted by Gasteiger charge is 2.20. The molecule has 0 spiro atoms. The number of anilines is 1. The number of aromatic nitrogens is 3. The van der Waals surface area contributed by atoms with Crippen LogP contribution in [0.1, 0.15) is 44.0 Å². The van der Waals surface area contributed by atoms with Gasteiger partial charge in [-0.1, -0.05) is 12.1 Å². The van der Waals surface area contributed by atoms with Crippen LogP contribution in [0, 0.1) is 13.8 Å². The zero-order valence-corrected chi connectivity index (χ0v) is 21.6. The van der Waals surface area contributed by atoms with E-state index in [0.29, 0.717) is 23.9 Å². The van der Waals surface area contributed by atoms with Gasteiger partial charge in [0.1, 0.15) is 24.3 Å². The van der Waals surface area contributed by atoms with Gasteiger partial charge in [-0.3, -0.25) is 4.79 Å². The zero-order valence-electron chi connectivity index (χ0n) is 21.6. The van der Waals surface area contributed by atoms with Crippen molar-refractivity contribution in [1.82, 2.24) is 15.1 Å². The molecule has 0 aliphatic heterocycles. The molecule has 3 aromatic rings. The minimum absolute atomic E-state index is 0.0849. The van der Waals surface area contributed by atoms with Crippen molar-refractivity contribution < 1.29 is 24.3 Å². The van der Waals surface area contributed by atoms with E-state index in [4.69, 9.17) is 15.0 Å². The number of benzene rings is 1. The molecule has 1 amide bonds. The van der Waals surface area contributed by atoms with E-state index in [1.165, 1.54) is 0 Å². The van der Waals surface area contributed by atoms with E-state index in [-0.39, 0.29) is 19.1 Å². The maximum atomic E-state index is 11.0. The fourth-order valence-corrected chi connectivity index (χ4v) is 3.74. The summed E-state index contributed by atoms with van der Waals surface area (Å²) in [6.07, 6.45) is -1.98. The number of hydrogen-bond acceptors (Lipinski definition) is 9.